The summed E-state index contributed by atoms with van der Waals surface area (Å²) >= 11 is 0. The Morgan fingerprint density at radius 1 is 1.37 bits per heavy atom. The smallest absolute Gasteiger partial charge is 0.287 e. The van der Waals surface area contributed by atoms with Gasteiger partial charge in [0.05, 0.1) is 11.3 Å². The van der Waals surface area contributed by atoms with Crippen molar-refractivity contribution in [3.63, 3.8) is 0 Å². The van der Waals surface area contributed by atoms with E-state index in [2.05, 4.69) is 10.6 Å². The van der Waals surface area contributed by atoms with E-state index in [0.717, 1.165) is 11.3 Å². The number of hydrogen-bond donors (Lipinski definition) is 1. The highest BCUT2D eigenvalue weighted by molar-refractivity contribution is 6.03. The van der Waals surface area contributed by atoms with Crippen molar-refractivity contribution in [1.82, 2.24) is 5.48 Å². The molecule has 5 heteroatoms. The number of hydroxylamine groups is 1. The van der Waals surface area contributed by atoms with Crippen LogP contribution in [0.15, 0.2) is 35.5 Å². The molecule has 0 fully saturated rings. The van der Waals surface area contributed by atoms with Crippen LogP contribution in [0, 0.1) is 0 Å². The molecule has 0 saturated carbocycles. The van der Waals surface area contributed by atoms with Crippen molar-refractivity contribution < 1.29 is 14.5 Å². The second-order valence-electron chi connectivity index (χ2n) is 5.38. The molecule has 19 heavy (non-hydrogen) atoms. The predicted molar refractivity (Wildman–Crippen MR) is 71.4 cm³/mol. The van der Waals surface area contributed by atoms with Crippen LogP contribution in [0.1, 0.15) is 32.8 Å². The van der Waals surface area contributed by atoms with Gasteiger partial charge in [0.2, 0.25) is 6.10 Å². The van der Waals surface area contributed by atoms with E-state index in [4.69, 9.17) is 9.68 Å². The Bertz CT molecular complexity index is 477. The van der Waals surface area contributed by atoms with Gasteiger partial charge in [-0.25, -0.2) is 5.48 Å². The summed E-state index contributed by atoms with van der Waals surface area (Å²) in [5.74, 6) is -0.315. The van der Waals surface area contributed by atoms with Gasteiger partial charge in [0.15, 0.2) is 0 Å². The molecule has 1 unspecified atom stereocenters. The molecule has 1 atom stereocenters. The molecule has 0 saturated heterocycles. The zero-order valence-electron chi connectivity index (χ0n) is 11.3. The van der Waals surface area contributed by atoms with Crippen LogP contribution in [-0.4, -0.2) is 23.3 Å². The normalized spacial score (nSPS) is 18.7. The maximum absolute atomic E-state index is 11.8. The molecule has 1 aliphatic rings. The average molecular weight is 262 g/mol. The molecular formula is C14H18N2O3. The summed E-state index contributed by atoms with van der Waals surface area (Å²) in [6, 6.07) is 9.66. The quantitative estimate of drug-likeness (QED) is 0.848. The van der Waals surface area contributed by atoms with Gasteiger partial charge < -0.3 is 4.84 Å². The zero-order valence-corrected chi connectivity index (χ0v) is 11.3. The van der Waals surface area contributed by atoms with Crippen molar-refractivity contribution >= 4 is 11.6 Å². The summed E-state index contributed by atoms with van der Waals surface area (Å²) in [6.45, 7) is 5.57. The second kappa shape index (κ2) is 5.40. The molecule has 0 aromatic heterocycles. The van der Waals surface area contributed by atoms with Gasteiger partial charge in [0.1, 0.15) is 0 Å². The Kier molecular flexibility index (Phi) is 3.85. The first-order valence-electron chi connectivity index (χ1n) is 6.22. The van der Waals surface area contributed by atoms with Crippen LogP contribution >= 0.6 is 0 Å². The van der Waals surface area contributed by atoms with E-state index in [0.29, 0.717) is 6.42 Å². The van der Waals surface area contributed by atoms with Crippen LogP contribution in [0.5, 0.6) is 0 Å². The Labute approximate surface area is 112 Å². The fourth-order valence-corrected chi connectivity index (χ4v) is 1.59. The molecule has 0 spiro atoms. The summed E-state index contributed by atoms with van der Waals surface area (Å²) in [5, 5.41) is 3.95. The van der Waals surface area contributed by atoms with Crippen LogP contribution in [-0.2, 0) is 14.5 Å². The fourth-order valence-electron chi connectivity index (χ4n) is 1.59. The predicted octanol–water partition coefficient (Wildman–Crippen LogP) is 2.03. The Hall–Kier alpha value is -1.88. The van der Waals surface area contributed by atoms with Gasteiger partial charge in [0, 0.05) is 6.42 Å². The second-order valence-corrected chi connectivity index (χ2v) is 5.38. The standard InChI is InChI=1S/C14H18N2O3/c1-14(2,3)19-16-13(17)12-9-11(15-18-12)10-7-5-4-6-8-10/h4-8,12H,9H2,1-3H3,(H,16,17). The number of benzene rings is 1. The average Bonchev–Trinajstić information content (AvgIpc) is 2.86. The molecule has 102 valence electrons. The highest BCUT2D eigenvalue weighted by Crippen LogP contribution is 2.17. The third kappa shape index (κ3) is 3.79. The molecule has 1 N–H and O–H groups in total. The molecule has 1 aromatic carbocycles. The van der Waals surface area contributed by atoms with Gasteiger partial charge in [-0.15, -0.1) is 0 Å². The van der Waals surface area contributed by atoms with Crippen molar-refractivity contribution in [1.29, 1.82) is 0 Å². The third-order valence-electron chi connectivity index (χ3n) is 2.53. The largest absolute Gasteiger partial charge is 0.382 e. The molecule has 0 aliphatic carbocycles. The Balaban J connectivity index is 1.89. The van der Waals surface area contributed by atoms with Gasteiger partial charge in [-0.2, -0.15) is 0 Å². The summed E-state index contributed by atoms with van der Waals surface area (Å²) in [4.78, 5) is 22.2. The van der Waals surface area contributed by atoms with E-state index in [1.165, 1.54) is 0 Å². The number of carbonyl (C=O) groups excluding carboxylic acids is 1. The van der Waals surface area contributed by atoms with Gasteiger partial charge in [-0.1, -0.05) is 35.5 Å². The van der Waals surface area contributed by atoms with Crippen LogP contribution in [0.3, 0.4) is 0 Å². The number of hydrogen-bond acceptors (Lipinski definition) is 4. The summed E-state index contributed by atoms with van der Waals surface area (Å²) < 4.78 is 0. The summed E-state index contributed by atoms with van der Waals surface area (Å²) in [7, 11) is 0. The Morgan fingerprint density at radius 3 is 2.68 bits per heavy atom. The highest BCUT2D eigenvalue weighted by atomic mass is 16.7. The number of oxime groups is 1. The first kappa shape index (κ1) is 13.5. The first-order chi connectivity index (χ1) is 8.96. The van der Waals surface area contributed by atoms with E-state index in [1.807, 2.05) is 51.1 Å². The number of carbonyl (C=O) groups is 1. The molecule has 1 aliphatic heterocycles. The van der Waals surface area contributed by atoms with Crippen LogP contribution in [0.2, 0.25) is 0 Å². The zero-order chi connectivity index (χ0) is 13.9. The lowest BCUT2D eigenvalue weighted by molar-refractivity contribution is -0.155. The topological polar surface area (TPSA) is 59.9 Å². The van der Waals surface area contributed by atoms with Crippen molar-refractivity contribution in [3.05, 3.63) is 35.9 Å². The lowest BCUT2D eigenvalue weighted by atomic mass is 10.1. The Morgan fingerprint density at radius 2 is 2.05 bits per heavy atom. The van der Waals surface area contributed by atoms with Crippen molar-refractivity contribution in [2.24, 2.45) is 5.16 Å². The monoisotopic (exact) mass is 262 g/mol. The minimum atomic E-state index is -0.627. The molecule has 0 bridgehead atoms. The van der Waals surface area contributed by atoms with E-state index >= 15 is 0 Å². The molecule has 1 heterocycles. The minimum Gasteiger partial charge on any atom is -0.382 e. The van der Waals surface area contributed by atoms with Gasteiger partial charge in [0.25, 0.3) is 5.91 Å². The number of nitrogens with zero attached hydrogens (tertiary/aromatic N) is 1. The lowest BCUT2D eigenvalue weighted by Gasteiger charge is -2.19. The fraction of sp³-hybridized carbons (Fsp3) is 0.429. The van der Waals surface area contributed by atoms with E-state index in [-0.39, 0.29) is 5.91 Å². The maximum atomic E-state index is 11.8. The van der Waals surface area contributed by atoms with E-state index < -0.39 is 11.7 Å². The molecule has 1 amide bonds. The number of amides is 1. The SMILES string of the molecule is CC(C)(C)ONC(=O)C1CC(c2ccccc2)=NO1. The van der Waals surface area contributed by atoms with Crippen molar-refractivity contribution in [2.75, 3.05) is 0 Å². The van der Waals surface area contributed by atoms with Crippen molar-refractivity contribution in [3.8, 4) is 0 Å². The van der Waals surface area contributed by atoms with Crippen molar-refractivity contribution in [2.45, 2.75) is 38.9 Å². The van der Waals surface area contributed by atoms with Gasteiger partial charge in [-0.05, 0) is 26.3 Å². The molecule has 1 aromatic rings. The highest BCUT2D eigenvalue weighted by Gasteiger charge is 2.29. The molecule has 0 radical (unpaired) electrons. The van der Waals surface area contributed by atoms with Crippen LogP contribution in [0.4, 0.5) is 0 Å². The molecule has 5 nitrogen and oxygen atoms in total. The summed E-state index contributed by atoms with van der Waals surface area (Å²) in [5.41, 5.74) is 3.71. The maximum Gasteiger partial charge on any atom is 0.287 e. The molecule has 2 rings (SSSR count). The first-order valence-corrected chi connectivity index (χ1v) is 6.22. The third-order valence-corrected chi connectivity index (χ3v) is 2.53. The van der Waals surface area contributed by atoms with Crippen LogP contribution in [0.25, 0.3) is 0 Å². The molecular weight excluding hydrogens is 244 g/mol. The summed E-state index contributed by atoms with van der Waals surface area (Å²) in [6.07, 6.45) is -0.179. The number of rotatable bonds is 3. The van der Waals surface area contributed by atoms with E-state index in [9.17, 15) is 4.79 Å². The minimum absolute atomic E-state index is 0.315. The van der Waals surface area contributed by atoms with E-state index in [1.54, 1.807) is 0 Å². The van der Waals surface area contributed by atoms with Crippen LogP contribution < -0.4 is 5.48 Å². The number of nitrogens with one attached hydrogen (secondary N) is 1. The van der Waals surface area contributed by atoms with Gasteiger partial charge >= 0.3 is 0 Å². The van der Waals surface area contributed by atoms with Gasteiger partial charge in [-0.3, -0.25) is 9.63 Å². The lowest BCUT2D eigenvalue weighted by Crippen LogP contribution is -2.39.